The van der Waals surface area contributed by atoms with Crippen LogP contribution in [-0.2, 0) is 0 Å². The van der Waals surface area contributed by atoms with Crippen LogP contribution in [0, 0.1) is 11.8 Å². The van der Waals surface area contributed by atoms with E-state index in [2.05, 4.69) is 26.8 Å². The van der Waals surface area contributed by atoms with Gasteiger partial charge in [-0.05, 0) is 43.2 Å². The minimum Gasteiger partial charge on any atom is -0.507 e. The first kappa shape index (κ1) is 21.7. The van der Waals surface area contributed by atoms with Gasteiger partial charge in [-0.3, -0.25) is 4.79 Å². The van der Waals surface area contributed by atoms with Gasteiger partial charge in [0.05, 0.1) is 7.11 Å². The summed E-state index contributed by atoms with van der Waals surface area (Å²) in [5, 5.41) is 21.7. The van der Waals surface area contributed by atoms with Crippen molar-refractivity contribution in [3.8, 4) is 17.2 Å². The van der Waals surface area contributed by atoms with Crippen molar-refractivity contribution >= 4 is 11.9 Å². The fraction of sp³-hybridized carbons (Fsp3) is 0.346. The number of ketones is 1. The first-order valence-corrected chi connectivity index (χ1v) is 10.4. The summed E-state index contributed by atoms with van der Waals surface area (Å²) in [6, 6.07) is 10.9. The highest BCUT2D eigenvalue weighted by Crippen LogP contribution is 2.49. The lowest BCUT2D eigenvalue weighted by molar-refractivity contribution is 0.104. The third-order valence-electron chi connectivity index (χ3n) is 5.96. The van der Waals surface area contributed by atoms with E-state index in [0.717, 1.165) is 18.4 Å². The molecule has 0 radical (unpaired) electrons. The van der Waals surface area contributed by atoms with Gasteiger partial charge in [0, 0.05) is 17.5 Å². The molecule has 2 aromatic carbocycles. The van der Waals surface area contributed by atoms with Crippen LogP contribution in [-0.4, -0.2) is 23.1 Å². The maximum atomic E-state index is 12.9. The molecule has 0 saturated heterocycles. The van der Waals surface area contributed by atoms with Crippen molar-refractivity contribution in [3.05, 3.63) is 70.8 Å². The average molecular weight is 407 g/mol. The minimum atomic E-state index is -0.449. The van der Waals surface area contributed by atoms with Crippen molar-refractivity contribution in [2.75, 3.05) is 7.11 Å². The number of phenols is 2. The van der Waals surface area contributed by atoms with Crippen molar-refractivity contribution in [3.63, 3.8) is 0 Å². The Hall–Kier alpha value is -3.01. The van der Waals surface area contributed by atoms with E-state index in [0.29, 0.717) is 23.1 Å². The fourth-order valence-electron chi connectivity index (χ4n) is 4.33. The van der Waals surface area contributed by atoms with Crippen LogP contribution < -0.4 is 4.74 Å². The molecule has 4 nitrogen and oxygen atoms in total. The molecule has 2 atom stereocenters. The van der Waals surface area contributed by atoms with Gasteiger partial charge in [-0.15, -0.1) is 0 Å². The van der Waals surface area contributed by atoms with Crippen LogP contribution in [0.2, 0.25) is 0 Å². The van der Waals surface area contributed by atoms with Gasteiger partial charge in [0.15, 0.2) is 5.78 Å². The minimum absolute atomic E-state index is 0.0843. The van der Waals surface area contributed by atoms with Gasteiger partial charge in [0.2, 0.25) is 0 Å². The molecular formula is C26H30O4. The van der Waals surface area contributed by atoms with E-state index >= 15 is 0 Å². The lowest BCUT2D eigenvalue weighted by atomic mass is 9.71. The number of hydrogen-bond acceptors (Lipinski definition) is 4. The third-order valence-corrected chi connectivity index (χ3v) is 5.96. The number of rotatable bonds is 6. The number of aromatic hydroxyl groups is 2. The second-order valence-electron chi connectivity index (χ2n) is 8.33. The van der Waals surface area contributed by atoms with E-state index in [1.165, 1.54) is 24.8 Å². The summed E-state index contributed by atoms with van der Waals surface area (Å²) in [6.45, 7) is 6.43. The van der Waals surface area contributed by atoms with Crippen LogP contribution in [0.15, 0.2) is 54.1 Å². The molecule has 0 bridgehead atoms. The highest BCUT2D eigenvalue weighted by Gasteiger charge is 2.34. The van der Waals surface area contributed by atoms with Crippen molar-refractivity contribution in [1.82, 2.24) is 0 Å². The van der Waals surface area contributed by atoms with E-state index in [1.54, 1.807) is 6.08 Å². The Bertz CT molecular complexity index is 970. The van der Waals surface area contributed by atoms with Crippen LogP contribution >= 0.6 is 0 Å². The molecule has 0 spiro atoms. The molecule has 3 rings (SSSR count). The Morgan fingerprint density at radius 2 is 1.90 bits per heavy atom. The molecule has 1 aliphatic carbocycles. The second-order valence-corrected chi connectivity index (χ2v) is 8.33. The predicted octanol–water partition coefficient (Wildman–Crippen LogP) is 6.10. The van der Waals surface area contributed by atoms with Crippen molar-refractivity contribution in [1.29, 1.82) is 0 Å². The molecule has 0 saturated carbocycles. The van der Waals surface area contributed by atoms with Gasteiger partial charge < -0.3 is 14.9 Å². The van der Waals surface area contributed by atoms with Crippen LogP contribution in [0.1, 0.15) is 61.0 Å². The van der Waals surface area contributed by atoms with Crippen LogP contribution in [0.25, 0.3) is 6.08 Å². The van der Waals surface area contributed by atoms with Crippen molar-refractivity contribution in [2.45, 2.75) is 39.5 Å². The molecule has 2 N–H and O–H groups in total. The Morgan fingerprint density at radius 1 is 1.20 bits per heavy atom. The molecule has 0 amide bonds. The topological polar surface area (TPSA) is 66.8 Å². The normalized spacial score (nSPS) is 19.2. The summed E-state index contributed by atoms with van der Waals surface area (Å²) in [5.74, 6) is 0.0873. The van der Waals surface area contributed by atoms with Gasteiger partial charge >= 0.3 is 0 Å². The summed E-state index contributed by atoms with van der Waals surface area (Å²) >= 11 is 0. The summed E-state index contributed by atoms with van der Waals surface area (Å²) in [4.78, 5) is 12.9. The molecule has 158 valence electrons. The quantitative estimate of drug-likeness (QED) is 0.346. The highest BCUT2D eigenvalue weighted by atomic mass is 16.5. The molecule has 0 aliphatic heterocycles. The summed E-state index contributed by atoms with van der Waals surface area (Å²) in [7, 11) is 1.51. The Balaban J connectivity index is 2.09. The number of phenolic OH excluding ortho intramolecular Hbond substituents is 2. The SMILES string of the molecule is COc1cc(O)c(C(=O)/C=C/c2ccccc2)c(O)c1[C@@H]1C=C(C)CC[C@H]1C(C)C. The maximum absolute atomic E-state index is 12.9. The molecule has 1 aliphatic rings. The molecule has 2 aromatic rings. The number of carbonyl (C=O) groups is 1. The number of benzene rings is 2. The zero-order valence-electron chi connectivity index (χ0n) is 18.1. The third kappa shape index (κ3) is 4.43. The molecule has 0 fully saturated rings. The van der Waals surface area contributed by atoms with E-state index in [1.807, 2.05) is 30.3 Å². The molecule has 4 heteroatoms. The van der Waals surface area contributed by atoms with E-state index < -0.39 is 5.78 Å². The Labute approximate surface area is 178 Å². The predicted molar refractivity (Wildman–Crippen MR) is 120 cm³/mol. The smallest absolute Gasteiger partial charge is 0.193 e. The molecule has 0 aromatic heterocycles. The number of carbonyl (C=O) groups excluding carboxylic acids is 1. The maximum Gasteiger partial charge on any atom is 0.193 e. The van der Waals surface area contributed by atoms with Gasteiger partial charge in [0.25, 0.3) is 0 Å². The lowest BCUT2D eigenvalue weighted by Crippen LogP contribution is -2.22. The number of allylic oxidation sites excluding steroid dienone is 3. The van der Waals surface area contributed by atoms with Gasteiger partial charge in [-0.25, -0.2) is 0 Å². The zero-order chi connectivity index (χ0) is 21.8. The molecular weight excluding hydrogens is 376 g/mol. The lowest BCUT2D eigenvalue weighted by Gasteiger charge is -2.34. The second kappa shape index (κ2) is 9.21. The number of ether oxygens (including phenoxy) is 1. The summed E-state index contributed by atoms with van der Waals surface area (Å²) in [6.07, 6.45) is 7.24. The number of methoxy groups -OCH3 is 1. The van der Waals surface area contributed by atoms with E-state index in [4.69, 9.17) is 4.74 Å². The zero-order valence-corrected chi connectivity index (χ0v) is 18.1. The highest BCUT2D eigenvalue weighted by molar-refractivity contribution is 6.11. The Kier molecular flexibility index (Phi) is 6.66. The van der Waals surface area contributed by atoms with Crippen LogP contribution in [0.5, 0.6) is 17.2 Å². The standard InChI is InChI=1S/C26H30O4/c1-16(2)19-12-10-17(3)14-20(19)24-23(30-4)15-22(28)25(26(24)29)21(27)13-11-18-8-6-5-7-9-18/h5-9,11,13-16,19-20,28-29H,10,12H2,1-4H3/b13-11+/t19-,20+/m0/s1. The van der Waals surface area contributed by atoms with Gasteiger partial charge in [-0.2, -0.15) is 0 Å². The largest absolute Gasteiger partial charge is 0.507 e. The Morgan fingerprint density at radius 3 is 2.53 bits per heavy atom. The molecule has 0 unspecified atom stereocenters. The monoisotopic (exact) mass is 406 g/mol. The summed E-state index contributed by atoms with van der Waals surface area (Å²) < 4.78 is 5.51. The molecule has 0 heterocycles. The van der Waals surface area contributed by atoms with E-state index in [9.17, 15) is 15.0 Å². The van der Waals surface area contributed by atoms with Gasteiger partial charge in [0.1, 0.15) is 22.8 Å². The fourth-order valence-corrected chi connectivity index (χ4v) is 4.33. The average Bonchev–Trinajstić information content (AvgIpc) is 2.72. The summed E-state index contributed by atoms with van der Waals surface area (Å²) in [5.41, 5.74) is 2.61. The first-order valence-electron chi connectivity index (χ1n) is 10.4. The van der Waals surface area contributed by atoms with Crippen molar-refractivity contribution in [2.24, 2.45) is 11.8 Å². The van der Waals surface area contributed by atoms with Gasteiger partial charge in [-0.1, -0.05) is 61.9 Å². The van der Waals surface area contributed by atoms with Crippen LogP contribution in [0.4, 0.5) is 0 Å². The first-order chi connectivity index (χ1) is 14.3. The number of hydrogen-bond donors (Lipinski definition) is 2. The van der Waals surface area contributed by atoms with Crippen molar-refractivity contribution < 1.29 is 19.7 Å². The van der Waals surface area contributed by atoms with Crippen LogP contribution in [0.3, 0.4) is 0 Å². The molecule has 30 heavy (non-hydrogen) atoms. The van der Waals surface area contributed by atoms with E-state index in [-0.39, 0.29) is 23.0 Å².